The molecular formula is C38H60O13. The van der Waals surface area contributed by atoms with Crippen molar-refractivity contribution in [1.29, 1.82) is 0 Å². The highest BCUT2D eigenvalue weighted by Gasteiger charge is 2.70. The van der Waals surface area contributed by atoms with Crippen molar-refractivity contribution in [3.8, 4) is 0 Å². The Hall–Kier alpha value is -0.780. The topological polar surface area (TPSA) is 197 Å². The van der Waals surface area contributed by atoms with Gasteiger partial charge in [-0.1, -0.05) is 39.3 Å². The van der Waals surface area contributed by atoms with Crippen LogP contribution >= 0.6 is 0 Å². The molecule has 7 N–H and O–H groups in total. The van der Waals surface area contributed by atoms with Crippen LogP contribution in [0.4, 0.5) is 0 Å². The Morgan fingerprint density at radius 2 is 1.59 bits per heavy atom. The van der Waals surface area contributed by atoms with Gasteiger partial charge in [0.15, 0.2) is 18.4 Å². The van der Waals surface area contributed by atoms with Gasteiger partial charge in [-0.25, -0.2) is 0 Å². The maximum atomic E-state index is 11.1. The third kappa shape index (κ3) is 5.66. The van der Waals surface area contributed by atoms with Crippen molar-refractivity contribution in [2.45, 2.75) is 165 Å². The zero-order valence-electron chi connectivity index (χ0n) is 30.5. The number of rotatable bonds is 4. The van der Waals surface area contributed by atoms with E-state index < -0.39 is 84.8 Å². The number of hydrogen-bond donors (Lipinski definition) is 7. The molecule has 0 aromatic rings. The molecule has 4 heterocycles. The number of aliphatic hydroxyl groups is 7. The van der Waals surface area contributed by atoms with E-state index in [-0.39, 0.29) is 35.9 Å². The first kappa shape index (κ1) is 37.2. The van der Waals surface area contributed by atoms with Gasteiger partial charge in [-0.3, -0.25) is 0 Å². The van der Waals surface area contributed by atoms with Gasteiger partial charge >= 0.3 is 0 Å². The average molecular weight is 725 g/mol. The van der Waals surface area contributed by atoms with Crippen LogP contribution in [0.1, 0.15) is 79.6 Å². The Labute approximate surface area is 300 Å². The molecule has 51 heavy (non-hydrogen) atoms. The maximum absolute atomic E-state index is 11.1. The Morgan fingerprint density at radius 3 is 2.33 bits per heavy atom. The van der Waals surface area contributed by atoms with Crippen LogP contribution in [0.5, 0.6) is 0 Å². The van der Waals surface area contributed by atoms with Gasteiger partial charge in [0, 0.05) is 30.1 Å². The van der Waals surface area contributed by atoms with Crippen LogP contribution in [0.3, 0.4) is 0 Å². The predicted octanol–water partition coefficient (Wildman–Crippen LogP) is 0.971. The second-order valence-corrected chi connectivity index (χ2v) is 18.0. The van der Waals surface area contributed by atoms with Gasteiger partial charge in [0.05, 0.1) is 43.7 Å². The quantitative estimate of drug-likeness (QED) is 0.203. The number of allylic oxidation sites excluding steroid dienone is 1. The van der Waals surface area contributed by atoms with Crippen molar-refractivity contribution >= 4 is 0 Å². The molecule has 1 spiro atoms. The van der Waals surface area contributed by atoms with Gasteiger partial charge in [-0.05, 0) is 68.1 Å². The summed E-state index contributed by atoms with van der Waals surface area (Å²) in [5, 5.41) is 75.0. The summed E-state index contributed by atoms with van der Waals surface area (Å²) in [6, 6.07) is 0. The highest BCUT2D eigenvalue weighted by atomic mass is 16.8. The average Bonchev–Trinajstić information content (AvgIpc) is 3.53. The first-order chi connectivity index (χ1) is 24.1. The van der Waals surface area contributed by atoms with Gasteiger partial charge < -0.3 is 64.2 Å². The van der Waals surface area contributed by atoms with Gasteiger partial charge in [-0.15, -0.1) is 0 Å². The second kappa shape index (κ2) is 13.2. The van der Waals surface area contributed by atoms with Crippen LogP contribution in [0.15, 0.2) is 11.6 Å². The van der Waals surface area contributed by atoms with E-state index in [0.717, 1.165) is 25.7 Å². The normalized spacial score (nSPS) is 59.8. The first-order valence-electron chi connectivity index (χ1n) is 19.4. The number of fused-ring (bicyclic) bond motifs is 7. The second-order valence-electron chi connectivity index (χ2n) is 18.0. The number of ether oxygens (including phenoxy) is 6. The lowest BCUT2D eigenvalue weighted by atomic mass is 9.46. The molecule has 0 bridgehead atoms. The molecule has 0 unspecified atom stereocenters. The van der Waals surface area contributed by atoms with E-state index >= 15 is 0 Å². The molecule has 4 aliphatic carbocycles. The first-order valence-corrected chi connectivity index (χ1v) is 19.4. The summed E-state index contributed by atoms with van der Waals surface area (Å²) in [5.74, 6) is 0.859. The van der Waals surface area contributed by atoms with Crippen molar-refractivity contribution in [2.75, 3.05) is 13.2 Å². The Bertz CT molecular complexity index is 1330. The summed E-state index contributed by atoms with van der Waals surface area (Å²) in [4.78, 5) is 0. The zero-order chi connectivity index (χ0) is 36.4. The SMILES string of the molecule is C[C@@H]1CO[C@]2(C[C@@H]1O)O[C@@H]1C[C@@H]3[C@@H]4CC=C5C[C@@H](O)C[C@@H](O[C@@H]6OC[C@H](O)[C@H](O)[C@@H]6O[C@@H]6O[C@H](C)[C@H](O)[C@H](O)[C@@H]6O)[C@]5(C)[C@H]4CC[C@]3(C)[C@@H]1[C@@H]2C. The lowest BCUT2D eigenvalue weighted by Gasteiger charge is -2.60. The van der Waals surface area contributed by atoms with E-state index in [2.05, 4.69) is 26.8 Å². The monoisotopic (exact) mass is 724 g/mol. The van der Waals surface area contributed by atoms with Gasteiger partial charge in [-0.2, -0.15) is 0 Å². The minimum absolute atomic E-state index is 0.0418. The lowest BCUT2D eigenvalue weighted by molar-refractivity contribution is -0.362. The summed E-state index contributed by atoms with van der Waals surface area (Å²) in [6.07, 6.45) is -5.94. The van der Waals surface area contributed by atoms with Crippen LogP contribution in [-0.4, -0.2) is 134 Å². The fourth-order valence-electron chi connectivity index (χ4n) is 12.4. The Balaban J connectivity index is 1.04. The standard InChI is InChI=1S/C38H60O13/c1-16-14-47-38(13-24(16)40)17(2)28-26(51-38)12-23-21-7-6-19-10-20(39)11-27(37(19,5)22(21)8-9-36(23,28)4)49-35-33(30(43)25(41)15-46-35)50-34-32(45)31(44)29(42)18(3)48-34/h6,16-18,20-35,39-45H,7-15H2,1-5H3/t16-,17+,18-,20-,21-,22+,23-,24+,25+,26-,27-,28-,29+,30+,31+,32+,33+,34+,35+,36+,37+,38-/m1/s1. The summed E-state index contributed by atoms with van der Waals surface area (Å²) >= 11 is 0. The van der Waals surface area contributed by atoms with E-state index in [1.54, 1.807) is 0 Å². The van der Waals surface area contributed by atoms with E-state index in [9.17, 15) is 35.7 Å². The van der Waals surface area contributed by atoms with Crippen LogP contribution in [0, 0.1) is 46.3 Å². The molecule has 0 aromatic carbocycles. The van der Waals surface area contributed by atoms with E-state index in [0.29, 0.717) is 43.6 Å². The van der Waals surface area contributed by atoms with Crippen molar-refractivity contribution in [3.63, 3.8) is 0 Å². The van der Waals surface area contributed by atoms with E-state index in [4.69, 9.17) is 28.4 Å². The van der Waals surface area contributed by atoms with Crippen molar-refractivity contribution in [1.82, 2.24) is 0 Å². The molecule has 8 rings (SSSR count). The van der Waals surface area contributed by atoms with Gasteiger partial charge in [0.1, 0.15) is 36.6 Å². The smallest absolute Gasteiger partial charge is 0.187 e. The van der Waals surface area contributed by atoms with Crippen LogP contribution in [-0.2, 0) is 28.4 Å². The van der Waals surface area contributed by atoms with E-state index in [1.165, 1.54) is 12.5 Å². The third-order valence-electron chi connectivity index (χ3n) is 15.4. The summed E-state index contributed by atoms with van der Waals surface area (Å²) in [5.41, 5.74) is 0.759. The Kier molecular flexibility index (Phi) is 9.60. The van der Waals surface area contributed by atoms with E-state index in [1.807, 2.05) is 6.92 Å². The molecule has 0 radical (unpaired) electrons. The van der Waals surface area contributed by atoms with Crippen LogP contribution in [0.25, 0.3) is 0 Å². The molecule has 7 fully saturated rings. The molecule has 290 valence electrons. The predicted molar refractivity (Wildman–Crippen MR) is 178 cm³/mol. The van der Waals surface area contributed by atoms with Crippen molar-refractivity contribution in [3.05, 3.63) is 11.6 Å². The molecule has 22 atom stereocenters. The van der Waals surface area contributed by atoms with Gasteiger partial charge in [0.25, 0.3) is 0 Å². The molecule has 0 aromatic heterocycles. The Morgan fingerprint density at radius 1 is 0.824 bits per heavy atom. The zero-order valence-corrected chi connectivity index (χ0v) is 30.5. The minimum Gasteiger partial charge on any atom is -0.393 e. The molecule has 13 heteroatoms. The van der Waals surface area contributed by atoms with Gasteiger partial charge in [0.2, 0.25) is 0 Å². The lowest BCUT2D eigenvalue weighted by Crippen LogP contribution is -2.63. The highest BCUT2D eigenvalue weighted by Crippen LogP contribution is 2.71. The third-order valence-corrected chi connectivity index (χ3v) is 15.4. The fraction of sp³-hybridized carbons (Fsp3) is 0.947. The van der Waals surface area contributed by atoms with Crippen LogP contribution in [0.2, 0.25) is 0 Å². The fourth-order valence-corrected chi connectivity index (χ4v) is 12.4. The molecule has 8 aliphatic rings. The molecule has 3 saturated carbocycles. The summed E-state index contributed by atoms with van der Waals surface area (Å²) < 4.78 is 37.8. The number of hydrogen-bond acceptors (Lipinski definition) is 13. The van der Waals surface area contributed by atoms with Crippen LogP contribution < -0.4 is 0 Å². The summed E-state index contributed by atoms with van der Waals surface area (Å²) in [7, 11) is 0. The highest BCUT2D eigenvalue weighted by molar-refractivity contribution is 5.29. The largest absolute Gasteiger partial charge is 0.393 e. The molecule has 0 amide bonds. The molecule has 4 aliphatic heterocycles. The van der Waals surface area contributed by atoms with Crippen molar-refractivity contribution < 1.29 is 64.2 Å². The maximum Gasteiger partial charge on any atom is 0.187 e. The molecular weight excluding hydrogens is 664 g/mol. The molecule has 4 saturated heterocycles. The summed E-state index contributed by atoms with van der Waals surface area (Å²) in [6.45, 7) is 10.8. The van der Waals surface area contributed by atoms with Crippen molar-refractivity contribution in [2.24, 2.45) is 46.3 Å². The molecule has 13 nitrogen and oxygen atoms in total. The number of aliphatic hydroxyl groups excluding tert-OH is 7. The minimum atomic E-state index is -1.62.